The molecular weight excluding hydrogens is 299 g/mol. The second-order valence-electron chi connectivity index (χ2n) is 4.46. The summed E-state index contributed by atoms with van der Waals surface area (Å²) in [6.45, 7) is 0.974. The van der Waals surface area contributed by atoms with Crippen molar-refractivity contribution in [1.29, 1.82) is 0 Å². The Hall–Kier alpha value is -1.26. The van der Waals surface area contributed by atoms with Gasteiger partial charge in [0, 0.05) is 37.7 Å². The van der Waals surface area contributed by atoms with Gasteiger partial charge < -0.3 is 9.80 Å². The van der Waals surface area contributed by atoms with Crippen LogP contribution in [0.4, 0.5) is 11.4 Å². The van der Waals surface area contributed by atoms with E-state index in [0.29, 0.717) is 37.7 Å². The van der Waals surface area contributed by atoms with Crippen molar-refractivity contribution in [3.05, 3.63) is 24.3 Å². The Morgan fingerprint density at radius 2 is 1.30 bits per heavy atom. The van der Waals surface area contributed by atoms with Crippen LogP contribution in [0.5, 0.6) is 0 Å². The summed E-state index contributed by atoms with van der Waals surface area (Å²) in [6.07, 6.45) is 0.594. The Kier molecular flexibility index (Phi) is 5.26. The molecule has 1 heterocycles. The Bertz CT molecular complexity index is 463. The summed E-state index contributed by atoms with van der Waals surface area (Å²) in [6, 6.07) is 7.41. The van der Waals surface area contributed by atoms with Crippen LogP contribution in [-0.2, 0) is 9.59 Å². The van der Waals surface area contributed by atoms with Gasteiger partial charge in [-0.3, -0.25) is 9.59 Å². The van der Waals surface area contributed by atoms with Gasteiger partial charge in [0.15, 0.2) is 0 Å². The highest BCUT2D eigenvalue weighted by atomic mass is 35.5. The van der Waals surface area contributed by atoms with E-state index < -0.39 is 0 Å². The first kappa shape index (κ1) is 15.1. The van der Waals surface area contributed by atoms with Crippen LogP contribution in [0.25, 0.3) is 0 Å². The molecule has 0 radical (unpaired) electrons. The number of hydrogen-bond donors (Lipinski definition) is 0. The fourth-order valence-corrected chi connectivity index (χ4v) is 2.63. The largest absolute Gasteiger partial charge is 0.309 e. The highest BCUT2D eigenvalue weighted by Gasteiger charge is 2.28. The quantitative estimate of drug-likeness (QED) is 0.802. The number of halogens is 2. The molecule has 108 valence electrons. The van der Waals surface area contributed by atoms with Gasteiger partial charge in [-0.2, -0.15) is 0 Å². The third-order valence-corrected chi connectivity index (χ3v) is 3.61. The average molecular weight is 315 g/mol. The number of fused-ring (bicyclic) bond motifs is 1. The van der Waals surface area contributed by atoms with Crippen molar-refractivity contribution < 1.29 is 9.59 Å². The zero-order valence-electron chi connectivity index (χ0n) is 11.0. The summed E-state index contributed by atoms with van der Waals surface area (Å²) in [7, 11) is 0. The Balaban J connectivity index is 2.30. The molecule has 20 heavy (non-hydrogen) atoms. The molecule has 0 saturated heterocycles. The number of hydrogen-bond acceptors (Lipinski definition) is 2. The molecule has 0 atom stereocenters. The van der Waals surface area contributed by atoms with Crippen LogP contribution in [0.1, 0.15) is 12.8 Å². The highest BCUT2D eigenvalue weighted by molar-refractivity contribution is 6.20. The highest BCUT2D eigenvalue weighted by Crippen LogP contribution is 2.33. The fraction of sp³-hybridized carbons (Fsp3) is 0.429. The van der Waals surface area contributed by atoms with Gasteiger partial charge >= 0.3 is 0 Å². The molecule has 4 nitrogen and oxygen atoms in total. The van der Waals surface area contributed by atoms with Gasteiger partial charge in [-0.25, -0.2) is 0 Å². The van der Waals surface area contributed by atoms with Crippen LogP contribution in [0, 0.1) is 0 Å². The number of rotatable bonds is 4. The van der Waals surface area contributed by atoms with Gasteiger partial charge in [0.2, 0.25) is 11.8 Å². The Morgan fingerprint density at radius 3 is 1.65 bits per heavy atom. The van der Waals surface area contributed by atoms with Crippen LogP contribution in [0.15, 0.2) is 24.3 Å². The van der Waals surface area contributed by atoms with Gasteiger partial charge in [0.05, 0.1) is 11.4 Å². The number of carbonyl (C=O) groups excluding carboxylic acids is 2. The molecule has 2 rings (SSSR count). The number of nitrogens with zero attached hydrogens (tertiary/aromatic N) is 2. The van der Waals surface area contributed by atoms with Crippen LogP contribution in [0.3, 0.4) is 0 Å². The summed E-state index contributed by atoms with van der Waals surface area (Å²) in [4.78, 5) is 27.6. The van der Waals surface area contributed by atoms with Crippen LogP contribution in [0.2, 0.25) is 0 Å². The van der Waals surface area contributed by atoms with E-state index >= 15 is 0 Å². The first-order valence-electron chi connectivity index (χ1n) is 6.50. The SMILES string of the molecule is O=C(CCCl)N1CCN(C(=O)CCCl)c2ccccc21. The van der Waals surface area contributed by atoms with E-state index in [-0.39, 0.29) is 11.8 Å². The summed E-state index contributed by atoms with van der Waals surface area (Å²) < 4.78 is 0. The number of benzene rings is 1. The van der Waals surface area contributed by atoms with Crippen molar-refractivity contribution in [2.75, 3.05) is 34.6 Å². The van der Waals surface area contributed by atoms with Gasteiger partial charge in [0.25, 0.3) is 0 Å². The summed E-state index contributed by atoms with van der Waals surface area (Å²) in [5.41, 5.74) is 1.52. The van der Waals surface area contributed by atoms with Crippen molar-refractivity contribution in [2.24, 2.45) is 0 Å². The molecule has 0 unspecified atom stereocenters. The van der Waals surface area contributed by atoms with Crippen molar-refractivity contribution in [1.82, 2.24) is 0 Å². The maximum Gasteiger partial charge on any atom is 0.228 e. The zero-order valence-corrected chi connectivity index (χ0v) is 12.5. The standard InChI is InChI=1S/C14H16Cl2N2O2/c15-7-5-13(19)17-9-10-18(14(20)6-8-16)12-4-2-1-3-11(12)17/h1-4H,5-10H2. The Morgan fingerprint density at radius 1 is 0.900 bits per heavy atom. The molecule has 0 aromatic heterocycles. The first-order valence-corrected chi connectivity index (χ1v) is 7.57. The predicted octanol–water partition coefficient (Wildman–Crippen LogP) is 2.62. The normalized spacial score (nSPS) is 14.1. The van der Waals surface area contributed by atoms with E-state index in [1.165, 1.54) is 0 Å². The lowest BCUT2D eigenvalue weighted by Gasteiger charge is -2.36. The number of amides is 2. The second kappa shape index (κ2) is 6.95. The molecule has 0 saturated carbocycles. The lowest BCUT2D eigenvalue weighted by Crippen LogP contribution is -2.46. The molecule has 0 aliphatic carbocycles. The number of alkyl halides is 2. The van der Waals surface area contributed by atoms with E-state index in [9.17, 15) is 9.59 Å². The number of carbonyl (C=O) groups is 2. The minimum absolute atomic E-state index is 0.0168. The minimum atomic E-state index is -0.0168. The molecule has 2 amide bonds. The van der Waals surface area contributed by atoms with E-state index in [1.54, 1.807) is 9.80 Å². The molecule has 0 N–H and O–H groups in total. The lowest BCUT2D eigenvalue weighted by atomic mass is 10.1. The van der Waals surface area contributed by atoms with E-state index in [4.69, 9.17) is 23.2 Å². The number of para-hydroxylation sites is 2. The lowest BCUT2D eigenvalue weighted by molar-refractivity contribution is -0.120. The first-order chi connectivity index (χ1) is 9.69. The van der Waals surface area contributed by atoms with Crippen molar-refractivity contribution in [3.8, 4) is 0 Å². The van der Waals surface area contributed by atoms with E-state index in [1.807, 2.05) is 24.3 Å². The molecule has 0 bridgehead atoms. The topological polar surface area (TPSA) is 40.6 Å². The molecule has 0 fully saturated rings. The second-order valence-corrected chi connectivity index (χ2v) is 5.21. The predicted molar refractivity (Wildman–Crippen MR) is 81.8 cm³/mol. The van der Waals surface area contributed by atoms with Crippen molar-refractivity contribution >= 4 is 46.4 Å². The molecule has 1 aliphatic heterocycles. The molecular formula is C14H16Cl2N2O2. The number of anilines is 2. The Labute approximate surface area is 128 Å². The van der Waals surface area contributed by atoms with Gasteiger partial charge in [-0.15, -0.1) is 23.2 Å². The third-order valence-electron chi connectivity index (χ3n) is 3.23. The van der Waals surface area contributed by atoms with E-state index in [2.05, 4.69) is 0 Å². The molecule has 0 spiro atoms. The monoisotopic (exact) mass is 314 g/mol. The van der Waals surface area contributed by atoms with Crippen LogP contribution < -0.4 is 9.80 Å². The maximum absolute atomic E-state index is 12.1. The molecule has 1 aliphatic rings. The zero-order chi connectivity index (χ0) is 14.5. The molecule has 1 aromatic carbocycles. The van der Waals surface area contributed by atoms with Crippen LogP contribution in [-0.4, -0.2) is 36.7 Å². The van der Waals surface area contributed by atoms with E-state index in [0.717, 1.165) is 11.4 Å². The van der Waals surface area contributed by atoms with Gasteiger partial charge in [0.1, 0.15) is 0 Å². The third kappa shape index (κ3) is 3.07. The van der Waals surface area contributed by atoms with Gasteiger partial charge in [-0.1, -0.05) is 12.1 Å². The summed E-state index contributed by atoms with van der Waals surface area (Å²) >= 11 is 11.3. The molecule has 6 heteroatoms. The summed E-state index contributed by atoms with van der Waals surface area (Å²) in [5, 5.41) is 0. The summed E-state index contributed by atoms with van der Waals surface area (Å²) in [5.74, 6) is 0.562. The smallest absolute Gasteiger partial charge is 0.228 e. The molecule has 1 aromatic rings. The van der Waals surface area contributed by atoms with Gasteiger partial charge in [-0.05, 0) is 12.1 Å². The van der Waals surface area contributed by atoms with Crippen LogP contribution >= 0.6 is 23.2 Å². The van der Waals surface area contributed by atoms with Crippen molar-refractivity contribution in [2.45, 2.75) is 12.8 Å². The maximum atomic E-state index is 12.1. The van der Waals surface area contributed by atoms with Crippen molar-refractivity contribution in [3.63, 3.8) is 0 Å². The average Bonchev–Trinajstić information content (AvgIpc) is 2.46. The fourth-order valence-electron chi connectivity index (χ4n) is 2.31. The minimum Gasteiger partial charge on any atom is -0.309 e.